The van der Waals surface area contributed by atoms with Crippen molar-refractivity contribution in [3.63, 3.8) is 0 Å². The molecule has 1 heteroatoms. The number of hydrogen-bond acceptors (Lipinski definition) is 1. The van der Waals surface area contributed by atoms with Crippen LogP contribution in [0, 0.1) is 0 Å². The van der Waals surface area contributed by atoms with Gasteiger partial charge >= 0.3 is 0 Å². The summed E-state index contributed by atoms with van der Waals surface area (Å²) in [5, 5.41) is 0. The normalized spacial score (nSPS) is 19.1. The molecule has 0 amide bonds. The Labute approximate surface area is 407 Å². The molecule has 0 bridgehead atoms. The summed E-state index contributed by atoms with van der Waals surface area (Å²) in [6.45, 7) is 22.6. The van der Waals surface area contributed by atoms with Crippen molar-refractivity contribution in [2.24, 2.45) is 0 Å². The number of benzene rings is 7. The van der Waals surface area contributed by atoms with Gasteiger partial charge in [0.25, 0.3) is 0 Å². The highest BCUT2D eigenvalue weighted by molar-refractivity contribution is 6.53. The lowest BCUT2D eigenvalue weighted by atomic mass is 9.78. The SMILES string of the molecule is C=Cc1c(C=C)c(-c2ccccc2)c2c(c1-c1ccccc1)C1=CCC3C4=C(c5ccc6c(c5)C(C)(C)c5ccccc5-6)C(=O)C(c5ccc6c(c5)C(C)(C)C(=C/CC)/C6=C\C)=C4c4ccc-2c1c43. The Morgan fingerprint density at radius 2 is 1.12 bits per heavy atom. The van der Waals surface area contributed by atoms with Crippen molar-refractivity contribution < 1.29 is 4.79 Å². The van der Waals surface area contributed by atoms with Crippen LogP contribution in [0.3, 0.4) is 0 Å². The fourth-order valence-electron chi connectivity index (χ4n) is 13.8. The van der Waals surface area contributed by atoms with Crippen LogP contribution in [0.5, 0.6) is 0 Å². The van der Waals surface area contributed by atoms with Gasteiger partial charge < -0.3 is 0 Å². The van der Waals surface area contributed by atoms with E-state index < -0.39 is 0 Å². The molecule has 1 unspecified atom stereocenters. The Kier molecular flexibility index (Phi) is 8.85. The van der Waals surface area contributed by atoms with Gasteiger partial charge in [0, 0.05) is 27.9 Å². The second-order valence-electron chi connectivity index (χ2n) is 20.7. The van der Waals surface area contributed by atoms with Gasteiger partial charge in [-0.25, -0.2) is 0 Å². The molecule has 0 aromatic heterocycles. The zero-order valence-electron chi connectivity index (χ0n) is 40.4. The molecule has 6 aliphatic carbocycles. The first-order chi connectivity index (χ1) is 33.5. The van der Waals surface area contributed by atoms with Crippen LogP contribution in [0.25, 0.3) is 84.5 Å². The summed E-state index contributed by atoms with van der Waals surface area (Å²) >= 11 is 0. The molecule has 0 radical (unpaired) electrons. The number of fused-ring (bicyclic) bond motifs is 10. The Morgan fingerprint density at radius 3 is 1.77 bits per heavy atom. The highest BCUT2D eigenvalue weighted by Gasteiger charge is 2.50. The Bertz CT molecular complexity index is 3700. The summed E-state index contributed by atoms with van der Waals surface area (Å²) in [6.07, 6.45) is 13.0. The van der Waals surface area contributed by atoms with Gasteiger partial charge in [-0.05, 0) is 171 Å². The molecule has 6 aliphatic rings. The fourth-order valence-corrected chi connectivity index (χ4v) is 13.8. The van der Waals surface area contributed by atoms with Gasteiger partial charge in [-0.2, -0.15) is 0 Å². The van der Waals surface area contributed by atoms with Gasteiger partial charge in [-0.1, -0.05) is 199 Å². The maximum absolute atomic E-state index is 16.0. The average Bonchev–Trinajstić information content (AvgIpc) is 4.10. The van der Waals surface area contributed by atoms with Crippen LogP contribution >= 0.6 is 0 Å². The fraction of sp³-hybridized carbons (Fsp3) is 0.162. The van der Waals surface area contributed by atoms with Crippen LogP contribution in [0.15, 0.2) is 176 Å². The molecule has 0 N–H and O–H groups in total. The quantitative estimate of drug-likeness (QED) is 0.156. The van der Waals surface area contributed by atoms with Gasteiger partial charge in [0.1, 0.15) is 0 Å². The molecular formula is C68H54O. The molecule has 332 valence electrons. The molecule has 0 heterocycles. The van der Waals surface area contributed by atoms with Crippen molar-refractivity contribution in [3.05, 3.63) is 243 Å². The van der Waals surface area contributed by atoms with Crippen molar-refractivity contribution in [2.75, 3.05) is 0 Å². The highest BCUT2D eigenvalue weighted by atomic mass is 16.1. The third kappa shape index (κ3) is 5.34. The summed E-state index contributed by atoms with van der Waals surface area (Å²) in [5.74, 6) is 0.142. The zero-order chi connectivity index (χ0) is 47.2. The van der Waals surface area contributed by atoms with E-state index in [1.807, 2.05) is 12.2 Å². The minimum absolute atomic E-state index is 0.00982. The van der Waals surface area contributed by atoms with E-state index >= 15 is 4.79 Å². The Morgan fingerprint density at radius 1 is 0.551 bits per heavy atom. The summed E-state index contributed by atoms with van der Waals surface area (Å²) in [7, 11) is 0. The Hall–Kier alpha value is -7.61. The largest absolute Gasteiger partial charge is 0.289 e. The molecule has 69 heavy (non-hydrogen) atoms. The van der Waals surface area contributed by atoms with Crippen molar-refractivity contribution in [1.29, 1.82) is 0 Å². The number of hydrogen-bond donors (Lipinski definition) is 0. The standard InChI is InChI=1S/C68H54O/c1-9-21-52-42(10-2)46-30-28-40(36-54(46)67(52,5)6)58-64-50-34-32-48-60-49(63-57(39-24-17-14-18-25-39)44(12-4)43(11-3)56(62(48)63)38-22-15-13-16-23-38)33-35-51(61(50)60)65(64)59(66(58)69)41-29-31-47-45-26-19-20-27-53(45)68(7,8)55(47)37-41/h10-34,36-37,51H,3-4,9,35H2,1-2,5-8H3/b42-10-,52-21+. The lowest BCUT2D eigenvalue weighted by Gasteiger charge is -2.25. The van der Waals surface area contributed by atoms with Crippen LogP contribution in [0.1, 0.15) is 127 Å². The lowest BCUT2D eigenvalue weighted by Crippen LogP contribution is -2.16. The third-order valence-corrected chi connectivity index (χ3v) is 16.7. The minimum atomic E-state index is -0.207. The average molecular weight is 887 g/mol. The molecule has 0 aliphatic heterocycles. The molecular weight excluding hydrogens is 833 g/mol. The van der Waals surface area contributed by atoms with Gasteiger partial charge in [0.2, 0.25) is 0 Å². The van der Waals surface area contributed by atoms with Crippen molar-refractivity contribution in [2.45, 2.75) is 71.1 Å². The van der Waals surface area contributed by atoms with E-state index in [-0.39, 0.29) is 22.5 Å². The van der Waals surface area contributed by atoms with Gasteiger partial charge in [-0.3, -0.25) is 4.79 Å². The van der Waals surface area contributed by atoms with Crippen molar-refractivity contribution >= 4 is 45.8 Å². The molecule has 13 rings (SSSR count). The molecule has 1 nitrogen and oxygen atoms in total. The maximum Gasteiger partial charge on any atom is 0.195 e. The number of ketones is 1. The van der Waals surface area contributed by atoms with Crippen LogP contribution < -0.4 is 0 Å². The predicted octanol–water partition coefficient (Wildman–Crippen LogP) is 17.5. The number of carbonyl (C=O) groups is 1. The molecule has 0 saturated heterocycles. The topological polar surface area (TPSA) is 17.1 Å². The van der Waals surface area contributed by atoms with E-state index in [2.05, 4.69) is 206 Å². The van der Waals surface area contributed by atoms with E-state index in [0.29, 0.717) is 0 Å². The highest BCUT2D eigenvalue weighted by Crippen LogP contribution is 2.66. The maximum atomic E-state index is 16.0. The van der Waals surface area contributed by atoms with E-state index in [9.17, 15) is 0 Å². The van der Waals surface area contributed by atoms with Gasteiger partial charge in [-0.15, -0.1) is 0 Å². The zero-order valence-corrected chi connectivity index (χ0v) is 40.4. The summed E-state index contributed by atoms with van der Waals surface area (Å²) < 4.78 is 0. The molecule has 0 saturated carbocycles. The van der Waals surface area contributed by atoms with E-state index in [4.69, 9.17) is 0 Å². The van der Waals surface area contributed by atoms with Crippen molar-refractivity contribution in [1.82, 2.24) is 0 Å². The van der Waals surface area contributed by atoms with Crippen LogP contribution in [0.4, 0.5) is 0 Å². The Balaban J connectivity index is 1.10. The summed E-state index contributed by atoms with van der Waals surface area (Å²) in [4.78, 5) is 16.0. The van der Waals surface area contributed by atoms with Crippen LogP contribution in [-0.2, 0) is 15.6 Å². The predicted molar refractivity (Wildman–Crippen MR) is 292 cm³/mol. The summed E-state index contributed by atoms with van der Waals surface area (Å²) in [6, 6.07) is 49.0. The molecule has 1 atom stereocenters. The van der Waals surface area contributed by atoms with Crippen LogP contribution in [0.2, 0.25) is 0 Å². The first kappa shape index (κ1) is 41.6. The van der Waals surface area contributed by atoms with Gasteiger partial charge in [0.05, 0.1) is 0 Å². The van der Waals surface area contributed by atoms with E-state index in [1.54, 1.807) is 0 Å². The smallest absolute Gasteiger partial charge is 0.195 e. The second kappa shape index (κ2) is 14.7. The molecule has 7 aromatic rings. The van der Waals surface area contributed by atoms with Crippen molar-refractivity contribution in [3.8, 4) is 44.5 Å². The molecule has 7 aromatic carbocycles. The third-order valence-electron chi connectivity index (χ3n) is 16.7. The lowest BCUT2D eigenvalue weighted by molar-refractivity contribution is -0.108. The van der Waals surface area contributed by atoms with E-state index in [1.165, 1.54) is 100 Å². The second-order valence-corrected chi connectivity index (χ2v) is 20.7. The first-order valence-corrected chi connectivity index (χ1v) is 24.8. The monoisotopic (exact) mass is 886 g/mol. The number of carbonyl (C=O) groups excluding carboxylic acids is 1. The minimum Gasteiger partial charge on any atom is -0.289 e. The van der Waals surface area contributed by atoms with Gasteiger partial charge in [0.15, 0.2) is 5.78 Å². The van der Waals surface area contributed by atoms with E-state index in [0.717, 1.165) is 62.9 Å². The number of Topliss-reactive ketones (excluding diaryl/α,β-unsaturated/α-hetero) is 1. The molecule has 0 fully saturated rings. The number of allylic oxidation sites excluding steroid dienone is 9. The first-order valence-electron chi connectivity index (χ1n) is 24.8. The number of rotatable bonds is 7. The summed E-state index contributed by atoms with van der Waals surface area (Å²) in [5.41, 5.74) is 31.7. The molecule has 0 spiro atoms. The van der Waals surface area contributed by atoms with Crippen LogP contribution in [-0.4, -0.2) is 5.78 Å².